The molecule has 0 aliphatic heterocycles. The number of halogens is 2. The number of aromatic amines is 1. The fourth-order valence-electron chi connectivity index (χ4n) is 5.35. The average Bonchev–Trinajstić information content (AvgIpc) is 3.59. The van der Waals surface area contributed by atoms with Crippen LogP contribution in [-0.4, -0.2) is 44.3 Å². The maximum atomic E-state index is 16.0. The molecule has 0 spiro atoms. The van der Waals surface area contributed by atoms with Crippen LogP contribution >= 0.6 is 11.6 Å². The zero-order valence-corrected chi connectivity index (χ0v) is 23.2. The molecule has 1 aromatic carbocycles. The highest BCUT2D eigenvalue weighted by Crippen LogP contribution is 2.38. The number of benzene rings is 1. The van der Waals surface area contributed by atoms with Gasteiger partial charge in [-0.2, -0.15) is 0 Å². The summed E-state index contributed by atoms with van der Waals surface area (Å²) in [6, 6.07) is 4.46. The summed E-state index contributed by atoms with van der Waals surface area (Å²) in [5.41, 5.74) is 2.37. The van der Waals surface area contributed by atoms with Crippen molar-refractivity contribution in [3.8, 4) is 11.1 Å². The van der Waals surface area contributed by atoms with Gasteiger partial charge in [-0.25, -0.2) is 9.37 Å². The van der Waals surface area contributed by atoms with Crippen molar-refractivity contribution in [3.63, 3.8) is 0 Å². The molecule has 11 heteroatoms. The SMILES string of the molecule is Cc1nocc1C(=O)N[C@H](c1nc2c(F)c(-c3cnccc3C(=O)NCCCCl)ccc2[nH]1)C1CCC(C)CC1. The number of fused-ring (bicyclic) bond motifs is 1. The number of H-pyrrole nitrogens is 1. The van der Waals surface area contributed by atoms with E-state index < -0.39 is 11.9 Å². The second kappa shape index (κ2) is 12.2. The van der Waals surface area contributed by atoms with E-state index in [1.165, 1.54) is 18.7 Å². The summed E-state index contributed by atoms with van der Waals surface area (Å²) >= 11 is 5.72. The number of carbonyl (C=O) groups is 2. The van der Waals surface area contributed by atoms with Crippen LogP contribution in [0.3, 0.4) is 0 Å². The predicted molar refractivity (Wildman–Crippen MR) is 150 cm³/mol. The average molecular weight is 567 g/mol. The fourth-order valence-corrected chi connectivity index (χ4v) is 5.48. The van der Waals surface area contributed by atoms with Crippen molar-refractivity contribution in [2.75, 3.05) is 12.4 Å². The number of rotatable bonds is 9. The Balaban J connectivity index is 1.50. The van der Waals surface area contributed by atoms with Crippen LogP contribution in [0.1, 0.15) is 77.3 Å². The van der Waals surface area contributed by atoms with E-state index in [1.54, 1.807) is 25.1 Å². The maximum absolute atomic E-state index is 16.0. The third-order valence-corrected chi connectivity index (χ3v) is 7.94. The van der Waals surface area contributed by atoms with Crippen molar-refractivity contribution >= 4 is 34.4 Å². The van der Waals surface area contributed by atoms with Gasteiger partial charge in [-0.15, -0.1) is 11.6 Å². The highest BCUT2D eigenvalue weighted by molar-refractivity contribution is 6.17. The number of hydrogen-bond acceptors (Lipinski definition) is 6. The molecule has 0 radical (unpaired) electrons. The number of pyridine rings is 1. The number of carbonyl (C=O) groups excluding carboxylic acids is 2. The third kappa shape index (κ3) is 5.72. The predicted octanol–water partition coefficient (Wildman–Crippen LogP) is 5.72. The number of aromatic nitrogens is 4. The molecule has 3 heterocycles. The zero-order valence-electron chi connectivity index (χ0n) is 22.5. The highest BCUT2D eigenvalue weighted by atomic mass is 35.5. The van der Waals surface area contributed by atoms with Crippen molar-refractivity contribution in [3.05, 3.63) is 65.3 Å². The van der Waals surface area contributed by atoms with Crippen LogP contribution in [0.2, 0.25) is 0 Å². The molecule has 210 valence electrons. The first-order valence-corrected chi connectivity index (χ1v) is 14.1. The van der Waals surface area contributed by atoms with Crippen molar-refractivity contribution in [2.24, 2.45) is 11.8 Å². The van der Waals surface area contributed by atoms with Crippen LogP contribution in [0.5, 0.6) is 0 Å². The molecule has 2 amide bonds. The summed E-state index contributed by atoms with van der Waals surface area (Å²) < 4.78 is 21.0. The first kappa shape index (κ1) is 27.8. The number of alkyl halides is 1. The summed E-state index contributed by atoms with van der Waals surface area (Å²) in [5.74, 6) is 0.441. The van der Waals surface area contributed by atoms with Crippen molar-refractivity contribution in [1.82, 2.24) is 30.7 Å². The summed E-state index contributed by atoms with van der Waals surface area (Å²) in [6.45, 7) is 4.35. The van der Waals surface area contributed by atoms with E-state index in [1.807, 2.05) is 0 Å². The van der Waals surface area contributed by atoms with Gasteiger partial charge >= 0.3 is 0 Å². The number of imidazole rings is 1. The van der Waals surface area contributed by atoms with E-state index in [2.05, 4.69) is 37.7 Å². The van der Waals surface area contributed by atoms with Gasteiger partial charge in [-0.3, -0.25) is 14.6 Å². The largest absolute Gasteiger partial charge is 0.364 e. The molecule has 1 aliphatic carbocycles. The Labute approximate surface area is 236 Å². The lowest BCUT2D eigenvalue weighted by Gasteiger charge is -2.32. The minimum Gasteiger partial charge on any atom is -0.364 e. The first-order valence-electron chi connectivity index (χ1n) is 13.6. The van der Waals surface area contributed by atoms with Crippen molar-refractivity contribution in [1.29, 1.82) is 0 Å². The van der Waals surface area contributed by atoms with Gasteiger partial charge in [0.05, 0.1) is 22.8 Å². The molecule has 4 aromatic rings. The van der Waals surface area contributed by atoms with Crippen molar-refractivity contribution in [2.45, 2.75) is 52.0 Å². The van der Waals surface area contributed by atoms with Crippen LogP contribution in [0.4, 0.5) is 4.39 Å². The van der Waals surface area contributed by atoms with Gasteiger partial charge in [0.25, 0.3) is 11.8 Å². The molecular formula is C29H32ClFN6O3. The summed E-state index contributed by atoms with van der Waals surface area (Å²) in [4.78, 5) is 38.0. The van der Waals surface area contributed by atoms with Gasteiger partial charge in [0.1, 0.15) is 23.2 Å². The maximum Gasteiger partial charge on any atom is 0.257 e. The van der Waals surface area contributed by atoms with E-state index in [0.29, 0.717) is 58.5 Å². The molecule has 1 aliphatic rings. The Morgan fingerprint density at radius 1 is 1.15 bits per heavy atom. The van der Waals surface area contributed by atoms with Crippen LogP contribution in [-0.2, 0) is 0 Å². The Bertz CT molecular complexity index is 1510. The van der Waals surface area contributed by atoms with E-state index in [9.17, 15) is 9.59 Å². The molecule has 40 heavy (non-hydrogen) atoms. The number of nitrogens with one attached hydrogen (secondary N) is 3. The highest BCUT2D eigenvalue weighted by Gasteiger charge is 2.32. The summed E-state index contributed by atoms with van der Waals surface area (Å²) in [5, 5.41) is 9.74. The number of hydrogen-bond donors (Lipinski definition) is 3. The molecular weight excluding hydrogens is 535 g/mol. The molecule has 5 rings (SSSR count). The standard InChI is InChI=1S/C29H32ClFN6O3/c1-16-4-6-18(7-5-16)25(36-29(39)22-15-40-37-17(22)2)27-34-23-9-8-19(24(31)26(23)35-27)21-14-32-13-10-20(21)28(38)33-12-3-11-30/h8-10,13-16,18,25H,3-7,11-12H2,1-2H3,(H,33,38)(H,34,35)(H,36,39)/t16?,18?,25-/m0/s1. The lowest BCUT2D eigenvalue weighted by atomic mass is 9.79. The van der Waals surface area contributed by atoms with E-state index >= 15 is 4.39 Å². The molecule has 0 saturated heterocycles. The Kier molecular flexibility index (Phi) is 8.44. The quantitative estimate of drug-likeness (QED) is 0.176. The molecule has 1 atom stereocenters. The zero-order chi connectivity index (χ0) is 28.2. The lowest BCUT2D eigenvalue weighted by Crippen LogP contribution is -2.36. The molecule has 1 fully saturated rings. The molecule has 0 bridgehead atoms. The van der Waals surface area contributed by atoms with E-state index in [-0.39, 0.29) is 28.8 Å². The van der Waals surface area contributed by atoms with Crippen molar-refractivity contribution < 1.29 is 18.5 Å². The van der Waals surface area contributed by atoms with Gasteiger partial charge in [0.2, 0.25) is 0 Å². The fraction of sp³-hybridized carbons (Fsp3) is 0.414. The van der Waals surface area contributed by atoms with E-state index in [4.69, 9.17) is 16.1 Å². The first-order chi connectivity index (χ1) is 19.4. The number of nitrogens with zero attached hydrogens (tertiary/aromatic N) is 3. The summed E-state index contributed by atoms with van der Waals surface area (Å²) in [6.07, 6.45) is 8.83. The van der Waals surface area contributed by atoms with Crippen LogP contribution in [0.25, 0.3) is 22.2 Å². The Hall–Kier alpha value is -3.79. The van der Waals surface area contributed by atoms with Gasteiger partial charge in [-0.1, -0.05) is 24.9 Å². The molecule has 9 nitrogen and oxygen atoms in total. The minimum atomic E-state index is -0.569. The summed E-state index contributed by atoms with van der Waals surface area (Å²) in [7, 11) is 0. The van der Waals surface area contributed by atoms with E-state index in [0.717, 1.165) is 25.7 Å². The molecule has 3 N–H and O–H groups in total. The Morgan fingerprint density at radius 2 is 1.95 bits per heavy atom. The third-order valence-electron chi connectivity index (χ3n) is 7.67. The van der Waals surface area contributed by atoms with Crippen LogP contribution in [0, 0.1) is 24.6 Å². The monoisotopic (exact) mass is 566 g/mol. The second-order valence-corrected chi connectivity index (χ2v) is 10.8. The minimum absolute atomic E-state index is 0.130. The van der Waals surface area contributed by atoms with Gasteiger partial charge < -0.3 is 20.1 Å². The topological polar surface area (TPSA) is 126 Å². The smallest absolute Gasteiger partial charge is 0.257 e. The Morgan fingerprint density at radius 3 is 2.67 bits per heavy atom. The molecule has 0 unspecified atom stereocenters. The normalized spacial score (nSPS) is 18.0. The van der Waals surface area contributed by atoms with Gasteiger partial charge in [0, 0.05) is 35.9 Å². The van der Waals surface area contributed by atoms with Gasteiger partial charge in [0.15, 0.2) is 5.82 Å². The molecule has 3 aromatic heterocycles. The number of amides is 2. The second-order valence-electron chi connectivity index (χ2n) is 10.4. The van der Waals surface area contributed by atoms with Crippen LogP contribution < -0.4 is 10.6 Å². The molecule has 1 saturated carbocycles. The lowest BCUT2D eigenvalue weighted by molar-refractivity contribution is 0.0902. The number of aryl methyl sites for hydroxylation is 1. The van der Waals surface area contributed by atoms with Gasteiger partial charge in [-0.05, 0) is 56.2 Å². The van der Waals surface area contributed by atoms with Crippen LogP contribution in [0.15, 0.2) is 41.4 Å².